The third-order valence-electron chi connectivity index (χ3n) is 18.9. The van der Waals surface area contributed by atoms with Crippen LogP contribution in [0.1, 0.15) is 114 Å². The number of benzene rings is 3. The second-order valence-electron chi connectivity index (χ2n) is 24.4. The fraction of sp³-hybridized carbons (Fsp3) is 0.500. The van der Waals surface area contributed by atoms with Crippen molar-refractivity contribution in [3.8, 4) is 27.7 Å². The van der Waals surface area contributed by atoms with Crippen molar-refractivity contribution in [2.75, 3.05) is 75.4 Å². The Bertz CT molecular complexity index is 3570. The zero-order valence-corrected chi connectivity index (χ0v) is 49.5. The summed E-state index contributed by atoms with van der Waals surface area (Å²) in [5, 5.41) is 13.9. The first-order valence-corrected chi connectivity index (χ1v) is 31.2. The van der Waals surface area contributed by atoms with Gasteiger partial charge in [-0.1, -0.05) is 86.6 Å². The molecule has 84 heavy (non-hydrogen) atoms. The maximum Gasteiger partial charge on any atom is 0.409 e. The van der Waals surface area contributed by atoms with E-state index in [1.54, 1.807) is 27.3 Å². The first-order valence-electron chi connectivity index (χ1n) is 30.3. The van der Waals surface area contributed by atoms with Crippen molar-refractivity contribution in [2.24, 2.45) is 5.92 Å². The van der Waals surface area contributed by atoms with Gasteiger partial charge >= 0.3 is 12.1 Å². The Kier molecular flexibility index (Phi) is 15.5. The van der Waals surface area contributed by atoms with Gasteiger partial charge in [0, 0.05) is 81.8 Å². The third kappa shape index (κ3) is 10.6. The van der Waals surface area contributed by atoms with E-state index < -0.39 is 17.8 Å². The normalized spacial score (nSPS) is 23.2. The molecule has 0 radical (unpaired) electrons. The van der Waals surface area contributed by atoms with E-state index in [1.165, 1.54) is 0 Å². The van der Waals surface area contributed by atoms with Gasteiger partial charge in [0.15, 0.2) is 17.4 Å². The molecule has 6 aliphatic rings. The monoisotopic (exact) mass is 1160 g/mol. The van der Waals surface area contributed by atoms with Gasteiger partial charge in [-0.25, -0.2) is 14.2 Å². The standard InChI is InChI=1S/C64H75FN12O6S/c1-6-41-11-7-12-43-13-8-14-48(54(41)43)56-55(65)57-49(32-66-56)59(75-33-45-20-21-46(34-75)69-45)71-62(70-57)82-36-64-23-10-26-77(64)47(22-24-64)35-81-63(80)74-29-27-73(28-30-74)52-31-51(83-72-52)53(38(2)3)61(79)76-25-9-15-50(76)60(78)68-39(4)42-16-18-44(19-17-42)58-40(5)67-37-84-58/h7-8,11-14,16-19,31-32,37-39,45-47,50,53,69H,6,9-10,15,20-30,33-36H2,1-5H3,(H,68,78)/t39?,45?,46?,47-,50?,53?,64?/m1/s1. The summed E-state index contributed by atoms with van der Waals surface area (Å²) in [7, 11) is 0. The molecule has 3 amide bonds. The Hall–Kier alpha value is -7.29. The number of fused-ring (bicyclic) bond motifs is 5. The summed E-state index contributed by atoms with van der Waals surface area (Å²) in [5.74, 6) is 0.171. The highest BCUT2D eigenvalue weighted by Crippen LogP contribution is 2.44. The summed E-state index contributed by atoms with van der Waals surface area (Å²) in [4.78, 5) is 72.5. The molecule has 10 heterocycles. The number of carbonyl (C=O) groups excluding carboxylic acids is 3. The van der Waals surface area contributed by atoms with Crippen molar-refractivity contribution in [1.82, 2.24) is 50.4 Å². The molecule has 2 N–H and O–H groups in total. The van der Waals surface area contributed by atoms with Gasteiger partial charge in [-0.2, -0.15) is 9.97 Å². The number of pyridine rings is 1. The number of nitrogens with one attached hydrogen (secondary N) is 2. The van der Waals surface area contributed by atoms with Crippen LogP contribution in [0.5, 0.6) is 6.01 Å². The molecule has 4 aromatic heterocycles. The first kappa shape index (κ1) is 55.9. The molecule has 6 aliphatic heterocycles. The van der Waals surface area contributed by atoms with E-state index in [0.29, 0.717) is 80.6 Å². The van der Waals surface area contributed by atoms with Gasteiger partial charge in [0.1, 0.15) is 42.2 Å². The first-order chi connectivity index (χ1) is 40.8. The highest BCUT2D eigenvalue weighted by Gasteiger charge is 2.50. The molecule has 6 fully saturated rings. The maximum atomic E-state index is 17.3. The number of hydrogen-bond acceptors (Lipinski definition) is 16. The number of halogens is 1. The predicted octanol–water partition coefficient (Wildman–Crippen LogP) is 9.85. The van der Waals surface area contributed by atoms with E-state index in [-0.39, 0.29) is 65.3 Å². The van der Waals surface area contributed by atoms with Gasteiger partial charge in [0.2, 0.25) is 11.8 Å². The number of piperazine rings is 2. The van der Waals surface area contributed by atoms with Crippen LogP contribution in [0.4, 0.5) is 20.8 Å². The lowest BCUT2D eigenvalue weighted by Gasteiger charge is -2.36. The minimum atomic E-state index is -0.628. The summed E-state index contributed by atoms with van der Waals surface area (Å²) >= 11 is 1.61. The van der Waals surface area contributed by atoms with Crippen LogP contribution < -0.4 is 25.2 Å². The number of aromatic nitrogens is 5. The fourth-order valence-corrected chi connectivity index (χ4v) is 15.3. The second-order valence-corrected chi connectivity index (χ2v) is 25.3. The molecule has 2 bridgehead atoms. The number of nitrogens with zero attached hydrogens (tertiary/aromatic N) is 10. The van der Waals surface area contributed by atoms with Crippen molar-refractivity contribution in [1.29, 1.82) is 0 Å². The quantitative estimate of drug-likeness (QED) is 0.0930. The van der Waals surface area contributed by atoms with Gasteiger partial charge in [-0.15, -0.1) is 11.3 Å². The topological polar surface area (TPSA) is 188 Å². The van der Waals surface area contributed by atoms with Crippen LogP contribution in [0.3, 0.4) is 0 Å². The lowest BCUT2D eigenvalue weighted by molar-refractivity contribution is -0.141. The molecule has 0 aliphatic carbocycles. The van der Waals surface area contributed by atoms with E-state index in [0.717, 1.165) is 115 Å². The van der Waals surface area contributed by atoms with Gasteiger partial charge in [-0.05, 0) is 112 Å². The molecular formula is C64H75FN12O6S. The Morgan fingerprint density at radius 2 is 1.68 bits per heavy atom. The summed E-state index contributed by atoms with van der Waals surface area (Å²) in [6, 6.07) is 22.2. The molecule has 6 unspecified atom stereocenters. The largest absolute Gasteiger partial charge is 0.461 e. The summed E-state index contributed by atoms with van der Waals surface area (Å²) in [6.45, 7) is 15.4. The van der Waals surface area contributed by atoms with Crippen LogP contribution in [0, 0.1) is 18.7 Å². The number of likely N-dealkylation sites (tertiary alicyclic amines) is 1. The minimum absolute atomic E-state index is 0.0204. The number of anilines is 2. The van der Waals surface area contributed by atoms with E-state index >= 15 is 4.39 Å². The lowest BCUT2D eigenvalue weighted by Crippen LogP contribution is -2.51. The van der Waals surface area contributed by atoms with Crippen molar-refractivity contribution < 1.29 is 32.8 Å². The third-order valence-corrected chi connectivity index (χ3v) is 19.9. The molecule has 0 saturated carbocycles. The minimum Gasteiger partial charge on any atom is -0.461 e. The van der Waals surface area contributed by atoms with Gasteiger partial charge in [-0.3, -0.25) is 19.5 Å². The van der Waals surface area contributed by atoms with Crippen LogP contribution in [0.25, 0.3) is 43.4 Å². The van der Waals surface area contributed by atoms with Gasteiger partial charge in [0.05, 0.1) is 33.0 Å². The van der Waals surface area contributed by atoms with E-state index in [1.807, 2.05) is 69.6 Å². The zero-order valence-electron chi connectivity index (χ0n) is 48.7. The highest BCUT2D eigenvalue weighted by molar-refractivity contribution is 7.13. The van der Waals surface area contributed by atoms with E-state index in [9.17, 15) is 14.4 Å². The number of carbonyl (C=O) groups is 3. The number of thiazole rings is 1. The lowest BCUT2D eigenvalue weighted by atomic mass is 9.91. The smallest absolute Gasteiger partial charge is 0.409 e. The molecule has 13 rings (SSSR count). The number of hydrogen-bond donors (Lipinski definition) is 2. The Morgan fingerprint density at radius 3 is 2.43 bits per heavy atom. The zero-order chi connectivity index (χ0) is 57.8. The van der Waals surface area contributed by atoms with Crippen molar-refractivity contribution in [3.05, 3.63) is 107 Å². The summed E-state index contributed by atoms with van der Waals surface area (Å²) in [6.07, 6.45) is 9.29. The summed E-state index contributed by atoms with van der Waals surface area (Å²) < 4.78 is 36.0. The van der Waals surface area contributed by atoms with Gasteiger partial charge in [0.25, 0.3) is 0 Å². The number of rotatable bonds is 16. The van der Waals surface area contributed by atoms with Gasteiger partial charge < -0.3 is 44.2 Å². The molecule has 3 aromatic carbocycles. The molecule has 7 aromatic rings. The Balaban J connectivity index is 0.627. The van der Waals surface area contributed by atoms with Crippen LogP contribution in [0.15, 0.2) is 83.0 Å². The van der Waals surface area contributed by atoms with E-state index in [2.05, 4.69) is 72.7 Å². The summed E-state index contributed by atoms with van der Waals surface area (Å²) in [5.41, 5.74) is 6.95. The molecule has 440 valence electrons. The number of amides is 3. The van der Waals surface area contributed by atoms with Crippen molar-refractivity contribution in [2.45, 2.75) is 134 Å². The maximum absolute atomic E-state index is 17.3. The number of ether oxygens (including phenoxy) is 2. The Morgan fingerprint density at radius 1 is 0.893 bits per heavy atom. The second kappa shape index (κ2) is 23.3. The van der Waals surface area contributed by atoms with E-state index in [4.69, 9.17) is 28.9 Å². The highest BCUT2D eigenvalue weighted by atomic mass is 32.1. The van der Waals surface area contributed by atoms with Crippen LogP contribution >= 0.6 is 11.3 Å². The molecular weight excluding hydrogens is 1080 g/mol. The molecule has 0 spiro atoms. The Labute approximate surface area is 493 Å². The molecule has 20 heteroatoms. The fourth-order valence-electron chi connectivity index (χ4n) is 14.4. The van der Waals surface area contributed by atoms with Crippen LogP contribution in [-0.2, 0) is 20.7 Å². The average molecular weight is 1160 g/mol. The van der Waals surface area contributed by atoms with Crippen molar-refractivity contribution >= 4 is 62.6 Å². The van der Waals surface area contributed by atoms with Crippen LogP contribution in [0.2, 0.25) is 0 Å². The van der Waals surface area contributed by atoms with Crippen LogP contribution in [-0.4, -0.2) is 153 Å². The predicted molar refractivity (Wildman–Crippen MR) is 322 cm³/mol. The molecule has 7 atom stereocenters. The SMILES string of the molecule is CCc1cccc2cccc(-c3ncc4c(N5CC6CCC(C5)N6)nc(OCC56CCCN5[C@@H](COC(=O)N5CCN(c7cc(C(C(=O)N8CCCC8C(=O)NC(C)c8ccc(-c9scnc9C)cc8)C(C)C)on7)CC5)CC6)nc4c3F)c12. The van der Waals surface area contributed by atoms with Crippen molar-refractivity contribution in [3.63, 3.8) is 0 Å². The number of aryl methyl sites for hydroxylation is 2. The average Bonchev–Trinajstić information content (AvgIpc) is 2.37. The molecule has 18 nitrogen and oxygen atoms in total. The molecule has 6 saturated heterocycles.